The summed E-state index contributed by atoms with van der Waals surface area (Å²) < 4.78 is 0. The monoisotopic (exact) mass is 250 g/mol. The molecule has 0 saturated heterocycles. The average Bonchev–Trinajstić information content (AvgIpc) is 2.27. The zero-order valence-corrected chi connectivity index (χ0v) is 11.5. The molecule has 1 rings (SSSR count). The highest BCUT2D eigenvalue weighted by atomic mass is 16.1. The van der Waals surface area contributed by atoms with Gasteiger partial charge in [0.15, 0.2) is 0 Å². The van der Waals surface area contributed by atoms with Gasteiger partial charge in [0.1, 0.15) is 0 Å². The van der Waals surface area contributed by atoms with Crippen molar-refractivity contribution in [2.75, 3.05) is 0 Å². The molecule has 5 nitrogen and oxygen atoms in total. The number of carbonyl (C=O) groups is 1. The van der Waals surface area contributed by atoms with Gasteiger partial charge in [-0.1, -0.05) is 20.8 Å². The molecule has 1 atom stereocenters. The zero-order chi connectivity index (χ0) is 13.8. The van der Waals surface area contributed by atoms with Crippen LogP contribution in [0.2, 0.25) is 0 Å². The summed E-state index contributed by atoms with van der Waals surface area (Å²) >= 11 is 0. The molecule has 0 aromatic carbocycles. The number of aryl methyl sites for hydroxylation is 1. The summed E-state index contributed by atoms with van der Waals surface area (Å²) in [6.45, 7) is 8.34. The van der Waals surface area contributed by atoms with Gasteiger partial charge in [-0.2, -0.15) is 0 Å². The van der Waals surface area contributed by atoms with E-state index in [0.717, 1.165) is 11.4 Å². The fourth-order valence-corrected chi connectivity index (χ4v) is 1.28. The van der Waals surface area contributed by atoms with Gasteiger partial charge in [0, 0.05) is 18.7 Å². The first-order valence-corrected chi connectivity index (χ1v) is 6.09. The minimum atomic E-state index is -0.151. The molecular weight excluding hydrogens is 228 g/mol. The SMILES string of the molecule is Cc1cnc(CNC(=O)CC(N)C(C)(C)C)cn1. The molecule has 1 heterocycles. The molecule has 1 aromatic heterocycles. The van der Waals surface area contributed by atoms with Crippen LogP contribution in [0.1, 0.15) is 38.6 Å². The van der Waals surface area contributed by atoms with E-state index < -0.39 is 0 Å². The van der Waals surface area contributed by atoms with Gasteiger partial charge in [0.2, 0.25) is 5.91 Å². The Labute approximate surface area is 108 Å². The minimum Gasteiger partial charge on any atom is -0.350 e. The molecule has 0 fully saturated rings. The maximum atomic E-state index is 11.7. The molecule has 1 unspecified atom stereocenters. The van der Waals surface area contributed by atoms with Crippen LogP contribution in [0, 0.1) is 12.3 Å². The smallest absolute Gasteiger partial charge is 0.221 e. The predicted octanol–water partition coefficient (Wildman–Crippen LogP) is 1.16. The third kappa shape index (κ3) is 4.79. The number of hydrogen-bond donors (Lipinski definition) is 2. The van der Waals surface area contributed by atoms with Crippen LogP contribution in [0.15, 0.2) is 12.4 Å². The Bertz CT molecular complexity index is 394. The first-order valence-electron chi connectivity index (χ1n) is 6.09. The number of aromatic nitrogens is 2. The number of amides is 1. The first kappa shape index (κ1) is 14.6. The van der Waals surface area contributed by atoms with E-state index in [4.69, 9.17) is 5.73 Å². The average molecular weight is 250 g/mol. The normalized spacial score (nSPS) is 13.2. The van der Waals surface area contributed by atoms with E-state index in [1.165, 1.54) is 0 Å². The van der Waals surface area contributed by atoms with Gasteiger partial charge in [-0.3, -0.25) is 14.8 Å². The lowest BCUT2D eigenvalue weighted by Crippen LogP contribution is -2.40. The second-order valence-corrected chi connectivity index (χ2v) is 5.60. The predicted molar refractivity (Wildman–Crippen MR) is 70.7 cm³/mol. The van der Waals surface area contributed by atoms with Crippen molar-refractivity contribution >= 4 is 5.91 Å². The van der Waals surface area contributed by atoms with Gasteiger partial charge in [-0.25, -0.2) is 0 Å². The molecule has 0 bridgehead atoms. The van der Waals surface area contributed by atoms with Crippen LogP contribution >= 0.6 is 0 Å². The fourth-order valence-electron chi connectivity index (χ4n) is 1.28. The third-order valence-corrected chi connectivity index (χ3v) is 2.82. The van der Waals surface area contributed by atoms with E-state index in [2.05, 4.69) is 15.3 Å². The van der Waals surface area contributed by atoms with Crippen LogP contribution < -0.4 is 11.1 Å². The summed E-state index contributed by atoms with van der Waals surface area (Å²) in [4.78, 5) is 20.0. The molecule has 0 radical (unpaired) electrons. The van der Waals surface area contributed by atoms with Gasteiger partial charge in [-0.05, 0) is 12.3 Å². The molecule has 0 aliphatic carbocycles. The summed E-state index contributed by atoms with van der Waals surface area (Å²) in [6.07, 6.45) is 3.67. The lowest BCUT2D eigenvalue weighted by Gasteiger charge is -2.26. The van der Waals surface area contributed by atoms with Crippen molar-refractivity contribution in [2.45, 2.75) is 46.7 Å². The van der Waals surface area contributed by atoms with Gasteiger partial charge < -0.3 is 11.1 Å². The van der Waals surface area contributed by atoms with Crippen LogP contribution in [0.25, 0.3) is 0 Å². The fraction of sp³-hybridized carbons (Fsp3) is 0.615. The van der Waals surface area contributed by atoms with Crippen molar-refractivity contribution in [2.24, 2.45) is 11.1 Å². The minimum absolute atomic E-state index is 0.0557. The van der Waals surface area contributed by atoms with Crippen molar-refractivity contribution in [3.8, 4) is 0 Å². The lowest BCUT2D eigenvalue weighted by molar-refractivity contribution is -0.122. The topological polar surface area (TPSA) is 80.9 Å². The molecular formula is C13H22N4O. The van der Waals surface area contributed by atoms with E-state index >= 15 is 0 Å². The second-order valence-electron chi connectivity index (χ2n) is 5.60. The van der Waals surface area contributed by atoms with E-state index in [1.807, 2.05) is 27.7 Å². The van der Waals surface area contributed by atoms with Crippen LogP contribution in [0.5, 0.6) is 0 Å². The summed E-state index contributed by atoms with van der Waals surface area (Å²) in [6, 6.07) is -0.151. The van der Waals surface area contributed by atoms with Crippen LogP contribution in [0.4, 0.5) is 0 Å². The summed E-state index contributed by atoms with van der Waals surface area (Å²) in [5.74, 6) is -0.0557. The molecule has 0 aliphatic heterocycles. The quantitative estimate of drug-likeness (QED) is 0.840. The van der Waals surface area contributed by atoms with E-state index in [1.54, 1.807) is 12.4 Å². The Kier molecular flexibility index (Phi) is 4.78. The number of carbonyl (C=O) groups excluding carboxylic acids is 1. The first-order chi connectivity index (χ1) is 8.29. The number of nitrogens with zero attached hydrogens (tertiary/aromatic N) is 2. The second kappa shape index (κ2) is 5.91. The van der Waals surface area contributed by atoms with Crippen molar-refractivity contribution in [3.63, 3.8) is 0 Å². The van der Waals surface area contributed by atoms with Crippen molar-refractivity contribution in [1.82, 2.24) is 15.3 Å². The molecule has 3 N–H and O–H groups in total. The number of nitrogens with one attached hydrogen (secondary N) is 1. The van der Waals surface area contributed by atoms with E-state index in [9.17, 15) is 4.79 Å². The molecule has 1 amide bonds. The number of rotatable bonds is 4. The summed E-state index contributed by atoms with van der Waals surface area (Å²) in [7, 11) is 0. The van der Waals surface area contributed by atoms with Gasteiger partial charge in [-0.15, -0.1) is 0 Å². The highest BCUT2D eigenvalue weighted by molar-refractivity contribution is 5.76. The molecule has 0 saturated carbocycles. The van der Waals surface area contributed by atoms with Crippen LogP contribution in [-0.2, 0) is 11.3 Å². The van der Waals surface area contributed by atoms with E-state index in [0.29, 0.717) is 13.0 Å². The zero-order valence-electron chi connectivity index (χ0n) is 11.5. The molecule has 5 heteroatoms. The van der Waals surface area contributed by atoms with Crippen molar-refractivity contribution < 1.29 is 4.79 Å². The van der Waals surface area contributed by atoms with Crippen LogP contribution in [-0.4, -0.2) is 21.9 Å². The highest BCUT2D eigenvalue weighted by Crippen LogP contribution is 2.19. The van der Waals surface area contributed by atoms with Gasteiger partial charge in [0.25, 0.3) is 0 Å². The largest absolute Gasteiger partial charge is 0.350 e. The summed E-state index contributed by atoms with van der Waals surface area (Å²) in [5.41, 5.74) is 7.49. The lowest BCUT2D eigenvalue weighted by atomic mass is 9.85. The molecule has 100 valence electrons. The number of nitrogens with two attached hydrogens (primary N) is 1. The summed E-state index contributed by atoms with van der Waals surface area (Å²) in [5, 5.41) is 2.80. The van der Waals surface area contributed by atoms with Crippen molar-refractivity contribution in [1.29, 1.82) is 0 Å². The number of hydrogen-bond acceptors (Lipinski definition) is 4. The van der Waals surface area contributed by atoms with Gasteiger partial charge in [0.05, 0.1) is 24.1 Å². The molecule has 18 heavy (non-hydrogen) atoms. The maximum absolute atomic E-state index is 11.7. The maximum Gasteiger partial charge on any atom is 0.221 e. The highest BCUT2D eigenvalue weighted by Gasteiger charge is 2.22. The Morgan fingerprint density at radius 3 is 2.56 bits per heavy atom. The molecule has 1 aromatic rings. The van der Waals surface area contributed by atoms with E-state index in [-0.39, 0.29) is 17.4 Å². The Morgan fingerprint density at radius 1 is 1.39 bits per heavy atom. The van der Waals surface area contributed by atoms with Crippen LogP contribution in [0.3, 0.4) is 0 Å². The van der Waals surface area contributed by atoms with Crippen molar-refractivity contribution in [3.05, 3.63) is 23.8 Å². The molecule has 0 spiro atoms. The molecule has 0 aliphatic rings. The Hall–Kier alpha value is -1.49. The third-order valence-electron chi connectivity index (χ3n) is 2.82. The van der Waals surface area contributed by atoms with Gasteiger partial charge >= 0.3 is 0 Å². The Balaban J connectivity index is 2.40. The standard InChI is InChI=1S/C13H22N4O/c1-9-6-16-10(7-15-9)8-17-12(18)5-11(14)13(2,3)4/h6-7,11H,5,8,14H2,1-4H3,(H,17,18). The Morgan fingerprint density at radius 2 is 2.06 bits per heavy atom.